The molecule has 1 saturated carbocycles. The first-order valence-electron chi connectivity index (χ1n) is 9.10. The van der Waals surface area contributed by atoms with Crippen LogP contribution >= 0.6 is 0 Å². The standard InChI is InChI=1S/C19H26N2O2/c22-19(15-4-2-1-3-5-15)21-9-8-16-14-17(6-7-18(16)21)20-10-12-23-13-11-20/h6-7,14-15H,1-5,8-13H2. The number of morpholine rings is 1. The molecular weight excluding hydrogens is 288 g/mol. The summed E-state index contributed by atoms with van der Waals surface area (Å²) in [6, 6.07) is 6.62. The number of benzene rings is 1. The van der Waals surface area contributed by atoms with Gasteiger partial charge in [-0.25, -0.2) is 0 Å². The van der Waals surface area contributed by atoms with Crippen LogP contribution in [0.4, 0.5) is 11.4 Å². The minimum Gasteiger partial charge on any atom is -0.378 e. The lowest BCUT2D eigenvalue weighted by atomic mass is 9.88. The lowest BCUT2D eigenvalue weighted by molar-refractivity contribution is -0.123. The van der Waals surface area contributed by atoms with Crippen LogP contribution in [0.15, 0.2) is 18.2 Å². The fourth-order valence-electron chi connectivity index (χ4n) is 4.21. The highest BCUT2D eigenvalue weighted by Crippen LogP contribution is 2.35. The zero-order chi connectivity index (χ0) is 15.6. The second-order valence-corrected chi connectivity index (χ2v) is 6.99. The highest BCUT2D eigenvalue weighted by Gasteiger charge is 2.31. The molecule has 1 amide bonds. The molecule has 0 unspecified atom stereocenters. The Balaban J connectivity index is 1.51. The van der Waals surface area contributed by atoms with E-state index < -0.39 is 0 Å². The van der Waals surface area contributed by atoms with Crippen molar-refractivity contribution in [2.24, 2.45) is 5.92 Å². The van der Waals surface area contributed by atoms with Crippen molar-refractivity contribution >= 4 is 17.3 Å². The van der Waals surface area contributed by atoms with E-state index in [1.165, 1.54) is 30.5 Å². The van der Waals surface area contributed by atoms with Crippen LogP contribution in [0.5, 0.6) is 0 Å². The molecular formula is C19H26N2O2. The maximum absolute atomic E-state index is 12.8. The number of hydrogen-bond donors (Lipinski definition) is 0. The third-order valence-electron chi connectivity index (χ3n) is 5.56. The molecule has 1 saturated heterocycles. The van der Waals surface area contributed by atoms with Gasteiger partial charge < -0.3 is 14.5 Å². The molecule has 0 aromatic heterocycles. The van der Waals surface area contributed by atoms with Crippen LogP contribution in [-0.4, -0.2) is 38.8 Å². The smallest absolute Gasteiger partial charge is 0.230 e. The molecule has 4 nitrogen and oxygen atoms in total. The summed E-state index contributed by atoms with van der Waals surface area (Å²) < 4.78 is 5.43. The van der Waals surface area contributed by atoms with Crippen LogP contribution in [0.3, 0.4) is 0 Å². The number of rotatable bonds is 2. The SMILES string of the molecule is O=C(C1CCCCC1)N1CCc2cc(N3CCOCC3)ccc21. The predicted molar refractivity (Wildman–Crippen MR) is 92.1 cm³/mol. The molecule has 23 heavy (non-hydrogen) atoms. The first kappa shape index (κ1) is 15.0. The van der Waals surface area contributed by atoms with Gasteiger partial charge in [0.15, 0.2) is 0 Å². The maximum Gasteiger partial charge on any atom is 0.230 e. The van der Waals surface area contributed by atoms with Crippen LogP contribution in [0, 0.1) is 5.92 Å². The van der Waals surface area contributed by atoms with Crippen molar-refractivity contribution in [3.8, 4) is 0 Å². The molecule has 4 heteroatoms. The van der Waals surface area contributed by atoms with Gasteiger partial charge in [0.05, 0.1) is 13.2 Å². The molecule has 1 aromatic rings. The van der Waals surface area contributed by atoms with E-state index in [1.54, 1.807) is 0 Å². The third-order valence-corrected chi connectivity index (χ3v) is 5.56. The molecule has 1 aromatic carbocycles. The number of amides is 1. The summed E-state index contributed by atoms with van der Waals surface area (Å²) in [4.78, 5) is 17.3. The van der Waals surface area contributed by atoms with Crippen molar-refractivity contribution in [2.75, 3.05) is 42.6 Å². The summed E-state index contributed by atoms with van der Waals surface area (Å²) in [5.41, 5.74) is 3.76. The Morgan fingerprint density at radius 2 is 1.83 bits per heavy atom. The number of hydrogen-bond acceptors (Lipinski definition) is 3. The molecule has 1 aliphatic carbocycles. The number of fused-ring (bicyclic) bond motifs is 1. The maximum atomic E-state index is 12.8. The van der Waals surface area contributed by atoms with E-state index >= 15 is 0 Å². The Morgan fingerprint density at radius 1 is 1.04 bits per heavy atom. The summed E-state index contributed by atoms with van der Waals surface area (Å²) in [7, 11) is 0. The molecule has 0 spiro atoms. The topological polar surface area (TPSA) is 32.8 Å². The second kappa shape index (κ2) is 6.52. The average Bonchev–Trinajstić information content (AvgIpc) is 3.05. The lowest BCUT2D eigenvalue weighted by Crippen LogP contribution is -2.36. The van der Waals surface area contributed by atoms with Crippen molar-refractivity contribution in [3.05, 3.63) is 23.8 Å². The Bertz CT molecular complexity index is 575. The van der Waals surface area contributed by atoms with Gasteiger partial charge >= 0.3 is 0 Å². The van der Waals surface area contributed by atoms with Crippen molar-refractivity contribution in [3.63, 3.8) is 0 Å². The van der Waals surface area contributed by atoms with Crippen LogP contribution in [0.1, 0.15) is 37.7 Å². The van der Waals surface area contributed by atoms with Gasteiger partial charge in [-0.15, -0.1) is 0 Å². The Kier molecular flexibility index (Phi) is 4.25. The quantitative estimate of drug-likeness (QED) is 0.841. The van der Waals surface area contributed by atoms with Crippen molar-refractivity contribution < 1.29 is 9.53 Å². The minimum absolute atomic E-state index is 0.258. The highest BCUT2D eigenvalue weighted by molar-refractivity contribution is 5.97. The van der Waals surface area contributed by atoms with E-state index in [0.29, 0.717) is 5.91 Å². The minimum atomic E-state index is 0.258. The van der Waals surface area contributed by atoms with E-state index in [0.717, 1.165) is 57.8 Å². The zero-order valence-corrected chi connectivity index (χ0v) is 13.8. The van der Waals surface area contributed by atoms with Crippen molar-refractivity contribution in [1.82, 2.24) is 0 Å². The van der Waals surface area contributed by atoms with Crippen molar-refractivity contribution in [1.29, 1.82) is 0 Å². The highest BCUT2D eigenvalue weighted by atomic mass is 16.5. The number of anilines is 2. The second-order valence-electron chi connectivity index (χ2n) is 6.99. The van der Waals surface area contributed by atoms with Gasteiger partial charge in [-0.1, -0.05) is 19.3 Å². The van der Waals surface area contributed by atoms with E-state index in [9.17, 15) is 4.79 Å². The Labute approximate surface area is 138 Å². The Hall–Kier alpha value is -1.55. The fourth-order valence-corrected chi connectivity index (χ4v) is 4.21. The Morgan fingerprint density at radius 3 is 2.61 bits per heavy atom. The van der Waals surface area contributed by atoms with E-state index in [4.69, 9.17) is 4.74 Å². The van der Waals surface area contributed by atoms with Gasteiger partial charge in [-0.3, -0.25) is 4.79 Å². The molecule has 0 radical (unpaired) electrons. The summed E-state index contributed by atoms with van der Waals surface area (Å²) in [6.45, 7) is 4.40. The number of nitrogens with zero attached hydrogens (tertiary/aromatic N) is 2. The van der Waals surface area contributed by atoms with Crippen molar-refractivity contribution in [2.45, 2.75) is 38.5 Å². The van der Waals surface area contributed by atoms with E-state index in [1.807, 2.05) is 0 Å². The predicted octanol–water partition coefficient (Wildman–Crippen LogP) is 2.99. The average molecular weight is 314 g/mol. The molecule has 0 atom stereocenters. The van der Waals surface area contributed by atoms with E-state index in [2.05, 4.69) is 28.0 Å². The molecule has 4 rings (SSSR count). The molecule has 2 aliphatic heterocycles. The zero-order valence-electron chi connectivity index (χ0n) is 13.8. The molecule has 0 N–H and O–H groups in total. The summed E-state index contributed by atoms with van der Waals surface area (Å²) in [6.07, 6.45) is 6.88. The number of carbonyl (C=O) groups is 1. The van der Waals surface area contributed by atoms with Crippen LogP contribution in [-0.2, 0) is 16.0 Å². The number of ether oxygens (including phenoxy) is 1. The molecule has 2 fully saturated rings. The lowest BCUT2D eigenvalue weighted by Gasteiger charge is -2.30. The molecule has 3 aliphatic rings. The van der Waals surface area contributed by atoms with Gasteiger partial charge in [0.2, 0.25) is 5.91 Å². The van der Waals surface area contributed by atoms with Gasteiger partial charge in [-0.05, 0) is 43.0 Å². The monoisotopic (exact) mass is 314 g/mol. The molecule has 0 bridgehead atoms. The largest absolute Gasteiger partial charge is 0.378 e. The van der Waals surface area contributed by atoms with Crippen LogP contribution < -0.4 is 9.80 Å². The van der Waals surface area contributed by atoms with Crippen LogP contribution in [0.2, 0.25) is 0 Å². The fraction of sp³-hybridized carbons (Fsp3) is 0.632. The molecule has 2 heterocycles. The van der Waals surface area contributed by atoms with Crippen LogP contribution in [0.25, 0.3) is 0 Å². The molecule has 124 valence electrons. The first-order chi connectivity index (χ1) is 11.3. The van der Waals surface area contributed by atoms with Gasteiger partial charge in [-0.2, -0.15) is 0 Å². The first-order valence-corrected chi connectivity index (χ1v) is 9.10. The summed E-state index contributed by atoms with van der Waals surface area (Å²) in [5, 5.41) is 0. The summed E-state index contributed by atoms with van der Waals surface area (Å²) >= 11 is 0. The van der Waals surface area contributed by atoms with E-state index in [-0.39, 0.29) is 5.92 Å². The third kappa shape index (κ3) is 2.97. The number of carbonyl (C=O) groups excluding carboxylic acids is 1. The normalized spacial score (nSPS) is 22.3. The van der Waals surface area contributed by atoms with Gasteiger partial charge in [0.25, 0.3) is 0 Å². The summed E-state index contributed by atoms with van der Waals surface area (Å²) in [5.74, 6) is 0.621. The van der Waals surface area contributed by atoms with Gasteiger partial charge in [0, 0.05) is 36.9 Å². The van der Waals surface area contributed by atoms with Gasteiger partial charge in [0.1, 0.15) is 0 Å².